The zero-order valence-electron chi connectivity index (χ0n) is 18.3. The normalized spacial score (nSPS) is 13.5. The molecular formula is C25H26F2N2O4. The summed E-state index contributed by atoms with van der Waals surface area (Å²) in [7, 11) is 0. The van der Waals surface area contributed by atoms with Crippen molar-refractivity contribution < 1.29 is 28.9 Å². The van der Waals surface area contributed by atoms with Crippen molar-refractivity contribution in [2.75, 3.05) is 0 Å². The molecule has 174 valence electrons. The number of aliphatic hydroxyl groups excluding tert-OH is 2. The third-order valence-electron chi connectivity index (χ3n) is 5.07. The van der Waals surface area contributed by atoms with E-state index < -0.39 is 30.4 Å². The minimum absolute atomic E-state index is 0.0298. The number of halogens is 2. The van der Waals surface area contributed by atoms with Crippen molar-refractivity contribution in [1.29, 1.82) is 0 Å². The number of rotatable bonds is 9. The molecule has 1 aromatic heterocycles. The first-order chi connectivity index (χ1) is 15.7. The van der Waals surface area contributed by atoms with Gasteiger partial charge in [0, 0.05) is 29.7 Å². The first kappa shape index (κ1) is 24.3. The van der Waals surface area contributed by atoms with Crippen LogP contribution in [0.2, 0.25) is 0 Å². The molecule has 3 N–H and O–H groups in total. The van der Waals surface area contributed by atoms with Gasteiger partial charge in [-0.1, -0.05) is 13.8 Å². The molecule has 0 unspecified atom stereocenters. The number of benzene rings is 2. The Kier molecular flexibility index (Phi) is 7.73. The van der Waals surface area contributed by atoms with E-state index in [2.05, 4.69) is 0 Å². The molecule has 0 radical (unpaired) electrons. The minimum Gasteiger partial charge on any atom is -0.481 e. The average Bonchev–Trinajstić information content (AvgIpc) is 3.12. The Morgan fingerprint density at radius 3 is 2.06 bits per heavy atom. The predicted molar refractivity (Wildman–Crippen MR) is 121 cm³/mol. The molecule has 2 aromatic carbocycles. The van der Waals surface area contributed by atoms with Gasteiger partial charge in [-0.25, -0.2) is 13.8 Å². The summed E-state index contributed by atoms with van der Waals surface area (Å²) < 4.78 is 28.9. The van der Waals surface area contributed by atoms with Crippen molar-refractivity contribution in [2.45, 2.75) is 44.8 Å². The summed E-state index contributed by atoms with van der Waals surface area (Å²) in [5.74, 6) is -1.30. The van der Waals surface area contributed by atoms with E-state index in [1.807, 2.05) is 13.8 Å². The Morgan fingerprint density at radius 1 is 1.00 bits per heavy atom. The van der Waals surface area contributed by atoms with Crippen LogP contribution >= 0.6 is 0 Å². The van der Waals surface area contributed by atoms with Crippen molar-refractivity contribution in [1.82, 2.24) is 9.55 Å². The van der Waals surface area contributed by atoms with Crippen LogP contribution in [0.25, 0.3) is 28.7 Å². The quantitative estimate of drug-likeness (QED) is 0.435. The molecule has 3 aromatic rings. The highest BCUT2D eigenvalue weighted by Crippen LogP contribution is 2.35. The highest BCUT2D eigenvalue weighted by molar-refractivity contribution is 5.80. The molecule has 1 heterocycles. The molecule has 0 saturated carbocycles. The zero-order chi connectivity index (χ0) is 24.1. The van der Waals surface area contributed by atoms with Crippen LogP contribution in [0.3, 0.4) is 0 Å². The van der Waals surface area contributed by atoms with Gasteiger partial charge in [-0.2, -0.15) is 0 Å². The van der Waals surface area contributed by atoms with Crippen LogP contribution in [0.4, 0.5) is 8.78 Å². The number of imidazole rings is 1. The maximum absolute atomic E-state index is 13.6. The number of aliphatic hydroxyl groups is 2. The standard InChI is InChI=1S/C25H26F2N2O4/c1-15(2)25-28-23(16-3-7-18(26)8-4-16)24(17-5-9-19(27)10-6-17)29(25)12-11-20(30)13-21(31)14-22(32)33/h3-12,15,20-21,30-31H,13-14H2,1-2H3,(H,32,33)/b12-11+/t20-,21-/m0/s1. The lowest BCUT2D eigenvalue weighted by molar-refractivity contribution is -0.139. The first-order valence-electron chi connectivity index (χ1n) is 10.6. The molecule has 0 aliphatic rings. The molecule has 0 fully saturated rings. The summed E-state index contributed by atoms with van der Waals surface area (Å²) in [5, 5.41) is 28.9. The van der Waals surface area contributed by atoms with Crippen molar-refractivity contribution >= 4 is 12.2 Å². The van der Waals surface area contributed by atoms with Crippen LogP contribution in [-0.2, 0) is 4.79 Å². The lowest BCUT2D eigenvalue weighted by Gasteiger charge is -2.13. The fraction of sp³-hybridized carbons (Fsp3) is 0.280. The molecule has 0 aliphatic heterocycles. The Morgan fingerprint density at radius 2 is 1.55 bits per heavy atom. The monoisotopic (exact) mass is 456 g/mol. The van der Waals surface area contributed by atoms with E-state index in [1.54, 1.807) is 35.0 Å². The molecule has 2 atom stereocenters. The van der Waals surface area contributed by atoms with E-state index in [-0.39, 0.29) is 18.2 Å². The molecule has 33 heavy (non-hydrogen) atoms. The number of aliphatic carboxylic acids is 1. The third-order valence-corrected chi connectivity index (χ3v) is 5.07. The van der Waals surface area contributed by atoms with Gasteiger partial charge in [0.1, 0.15) is 17.5 Å². The molecule has 6 nitrogen and oxygen atoms in total. The van der Waals surface area contributed by atoms with Gasteiger partial charge in [0.05, 0.1) is 30.0 Å². The third kappa shape index (κ3) is 6.12. The number of nitrogens with zero attached hydrogens (tertiary/aromatic N) is 2. The zero-order valence-corrected chi connectivity index (χ0v) is 18.3. The summed E-state index contributed by atoms with van der Waals surface area (Å²) in [6, 6.07) is 11.8. The molecule has 0 spiro atoms. The fourth-order valence-electron chi connectivity index (χ4n) is 3.53. The number of hydrogen-bond donors (Lipinski definition) is 3. The molecule has 0 bridgehead atoms. The number of carboxylic acids is 1. The lowest BCUT2D eigenvalue weighted by Crippen LogP contribution is -2.19. The SMILES string of the molecule is CC(C)c1nc(-c2ccc(F)cc2)c(-c2ccc(F)cc2)n1/C=C/[C@H](O)C[C@H](O)CC(=O)O. The molecule has 0 aliphatic carbocycles. The molecule has 0 amide bonds. The second-order valence-electron chi connectivity index (χ2n) is 8.10. The average molecular weight is 456 g/mol. The summed E-state index contributed by atoms with van der Waals surface area (Å²) in [4.78, 5) is 15.5. The summed E-state index contributed by atoms with van der Waals surface area (Å²) in [6.07, 6.45) is 0.137. The van der Waals surface area contributed by atoms with E-state index >= 15 is 0 Å². The van der Waals surface area contributed by atoms with Gasteiger partial charge in [0.15, 0.2) is 0 Å². The van der Waals surface area contributed by atoms with Crippen LogP contribution in [-0.4, -0.2) is 43.0 Å². The molecular weight excluding hydrogens is 430 g/mol. The lowest BCUT2D eigenvalue weighted by atomic mass is 10.0. The molecule has 8 heteroatoms. The summed E-state index contributed by atoms with van der Waals surface area (Å²) in [5.41, 5.74) is 2.53. The number of hydrogen-bond acceptors (Lipinski definition) is 4. The van der Waals surface area contributed by atoms with Crippen molar-refractivity contribution in [2.24, 2.45) is 0 Å². The Balaban J connectivity index is 2.10. The summed E-state index contributed by atoms with van der Waals surface area (Å²) >= 11 is 0. The maximum Gasteiger partial charge on any atom is 0.305 e. The van der Waals surface area contributed by atoms with Gasteiger partial charge in [-0.3, -0.25) is 4.79 Å². The number of carbonyl (C=O) groups is 1. The largest absolute Gasteiger partial charge is 0.481 e. The highest BCUT2D eigenvalue weighted by atomic mass is 19.1. The smallest absolute Gasteiger partial charge is 0.305 e. The predicted octanol–water partition coefficient (Wildman–Crippen LogP) is 4.68. The van der Waals surface area contributed by atoms with E-state index in [4.69, 9.17) is 10.1 Å². The van der Waals surface area contributed by atoms with E-state index in [0.29, 0.717) is 28.3 Å². The van der Waals surface area contributed by atoms with Crippen LogP contribution < -0.4 is 0 Å². The van der Waals surface area contributed by atoms with Crippen molar-refractivity contribution in [3.05, 3.63) is 72.1 Å². The molecule has 0 saturated heterocycles. The van der Waals surface area contributed by atoms with Gasteiger partial charge < -0.3 is 19.9 Å². The second kappa shape index (κ2) is 10.5. The van der Waals surface area contributed by atoms with Gasteiger partial charge in [0.2, 0.25) is 0 Å². The van der Waals surface area contributed by atoms with Gasteiger partial charge in [-0.05, 0) is 54.6 Å². The maximum atomic E-state index is 13.6. The van der Waals surface area contributed by atoms with Gasteiger partial charge >= 0.3 is 5.97 Å². The molecule has 3 rings (SSSR count). The van der Waals surface area contributed by atoms with E-state index in [9.17, 15) is 23.8 Å². The minimum atomic E-state index is -1.19. The van der Waals surface area contributed by atoms with E-state index in [1.165, 1.54) is 30.3 Å². The van der Waals surface area contributed by atoms with Crippen LogP contribution in [0.5, 0.6) is 0 Å². The van der Waals surface area contributed by atoms with Crippen molar-refractivity contribution in [3.63, 3.8) is 0 Å². The van der Waals surface area contributed by atoms with Gasteiger partial charge in [-0.15, -0.1) is 0 Å². The topological polar surface area (TPSA) is 95.6 Å². The van der Waals surface area contributed by atoms with Crippen LogP contribution in [0, 0.1) is 11.6 Å². The Labute approximate surface area is 190 Å². The Hall–Kier alpha value is -3.36. The van der Waals surface area contributed by atoms with Crippen LogP contribution in [0.1, 0.15) is 38.4 Å². The number of aromatic nitrogens is 2. The van der Waals surface area contributed by atoms with Crippen LogP contribution in [0.15, 0.2) is 54.6 Å². The first-order valence-corrected chi connectivity index (χ1v) is 10.6. The van der Waals surface area contributed by atoms with Gasteiger partial charge in [0.25, 0.3) is 0 Å². The van der Waals surface area contributed by atoms with E-state index in [0.717, 1.165) is 0 Å². The fourth-order valence-corrected chi connectivity index (χ4v) is 3.53. The highest BCUT2D eigenvalue weighted by Gasteiger charge is 2.21. The Bertz CT molecular complexity index is 1120. The summed E-state index contributed by atoms with van der Waals surface area (Å²) in [6.45, 7) is 3.89. The van der Waals surface area contributed by atoms with Crippen molar-refractivity contribution in [3.8, 4) is 22.5 Å². The second-order valence-corrected chi connectivity index (χ2v) is 8.10. The number of carboxylic acid groups (broad SMARTS) is 1.